The number of nitrogens with zero attached hydrogens (tertiary/aromatic N) is 4. The molecule has 0 amide bonds. The summed E-state index contributed by atoms with van der Waals surface area (Å²) in [4.78, 5) is 15.1. The second kappa shape index (κ2) is 13.2. The van der Waals surface area contributed by atoms with E-state index in [0.29, 0.717) is 18.7 Å². The van der Waals surface area contributed by atoms with Crippen LogP contribution in [0, 0.1) is 6.92 Å². The molecule has 1 radical (unpaired) electrons. The fourth-order valence-corrected chi connectivity index (χ4v) is 12.8. The summed E-state index contributed by atoms with van der Waals surface area (Å²) in [6.07, 6.45) is 4.43. The van der Waals surface area contributed by atoms with Crippen molar-refractivity contribution in [2.75, 3.05) is 44.3 Å². The van der Waals surface area contributed by atoms with E-state index in [1.54, 1.807) is 0 Å². The van der Waals surface area contributed by atoms with E-state index in [4.69, 9.17) is 14.4 Å². The van der Waals surface area contributed by atoms with Gasteiger partial charge in [-0.05, 0) is 48.0 Å². The summed E-state index contributed by atoms with van der Waals surface area (Å²) in [6, 6.07) is 23.2. The maximum Gasteiger partial charge on any atom is 0.261 e. The number of thioether (sulfide) groups is 1. The third-order valence-electron chi connectivity index (χ3n) is 9.37. The van der Waals surface area contributed by atoms with E-state index in [1.807, 2.05) is 11.8 Å². The van der Waals surface area contributed by atoms with E-state index >= 15 is 0 Å². The highest BCUT2D eigenvalue weighted by atomic mass is 32.2. The van der Waals surface area contributed by atoms with Crippen LogP contribution in [0.1, 0.15) is 46.5 Å². The van der Waals surface area contributed by atoms with Crippen molar-refractivity contribution in [3.05, 3.63) is 67.6 Å². The average molecular weight is 618 g/mol. The van der Waals surface area contributed by atoms with E-state index in [2.05, 4.69) is 109 Å². The molecular weight excluding hydrogens is 569 g/mol. The Morgan fingerprint density at radius 1 is 0.791 bits per heavy atom. The van der Waals surface area contributed by atoms with Gasteiger partial charge in [0.05, 0.1) is 18.7 Å². The SMILES string of the molecule is [CH2][C@@H]1CCN2CC[C@H](CSC[C@H]3CCN4CC[C@H](CO[Si](c5ccccc5)(c5ccccc5)C(C)(C)C)N=C4N3)N=C2N1. The minimum absolute atomic E-state index is 0.0292. The van der Waals surface area contributed by atoms with Gasteiger partial charge in [0.1, 0.15) is 0 Å². The lowest BCUT2D eigenvalue weighted by Crippen LogP contribution is -2.67. The molecule has 2 fully saturated rings. The molecule has 9 heteroatoms. The zero-order valence-corrected chi connectivity index (χ0v) is 28.0. The molecule has 4 atom stereocenters. The number of rotatable bonds is 9. The first-order valence-electron chi connectivity index (χ1n) is 16.2. The zero-order valence-electron chi connectivity index (χ0n) is 26.2. The Morgan fingerprint density at radius 2 is 1.35 bits per heavy atom. The summed E-state index contributed by atoms with van der Waals surface area (Å²) in [5.74, 6) is 4.30. The van der Waals surface area contributed by atoms with Gasteiger partial charge in [0.25, 0.3) is 8.32 Å². The van der Waals surface area contributed by atoms with Crippen LogP contribution in [0.4, 0.5) is 0 Å². The fourth-order valence-electron chi connectivity index (χ4n) is 6.98. The molecule has 7 nitrogen and oxygen atoms in total. The molecule has 4 aliphatic rings. The molecule has 2 aromatic rings. The lowest BCUT2D eigenvalue weighted by atomic mass is 10.1. The van der Waals surface area contributed by atoms with Crippen molar-refractivity contribution in [3.63, 3.8) is 0 Å². The average Bonchev–Trinajstić information content (AvgIpc) is 3.01. The standard InChI is InChI=1S/C34H49N6OSSi/c1-26-15-19-39-21-17-28(37-32(39)35-26)24-42-25-29-18-22-40-20-16-27(36-33(40)38-29)23-41-43(34(2,3)4,30-11-7-5-8-12-30)31-13-9-6-10-14-31/h5-14,26-29H,1,15-25H2,2-4H3,(H,35,37)(H,36,38)/t26-,27-,28-,29-/m1/s1. The third kappa shape index (κ3) is 6.78. The normalized spacial score (nSPS) is 26.0. The van der Waals surface area contributed by atoms with Crippen LogP contribution in [0.3, 0.4) is 0 Å². The Hall–Kier alpha value is -2.49. The lowest BCUT2D eigenvalue weighted by molar-refractivity contribution is 0.233. The van der Waals surface area contributed by atoms with E-state index in [1.165, 1.54) is 10.4 Å². The molecule has 43 heavy (non-hydrogen) atoms. The van der Waals surface area contributed by atoms with Crippen molar-refractivity contribution >= 4 is 42.4 Å². The first kappa shape index (κ1) is 30.5. The van der Waals surface area contributed by atoms with Crippen molar-refractivity contribution in [3.8, 4) is 0 Å². The van der Waals surface area contributed by atoms with Gasteiger partial charge in [0.2, 0.25) is 0 Å². The molecule has 231 valence electrons. The number of hydrogen-bond donors (Lipinski definition) is 2. The number of hydrogen-bond acceptors (Lipinski definition) is 8. The zero-order chi connectivity index (χ0) is 29.9. The van der Waals surface area contributed by atoms with Crippen LogP contribution in [0.5, 0.6) is 0 Å². The van der Waals surface area contributed by atoms with E-state index in [-0.39, 0.29) is 17.1 Å². The molecule has 2 saturated heterocycles. The second-order valence-corrected chi connectivity index (χ2v) is 18.9. The number of aliphatic imine (C=N–C) groups is 2. The lowest BCUT2D eigenvalue weighted by Gasteiger charge is -2.44. The predicted molar refractivity (Wildman–Crippen MR) is 184 cm³/mol. The molecule has 4 heterocycles. The van der Waals surface area contributed by atoms with Gasteiger partial charge in [0.15, 0.2) is 11.9 Å². The van der Waals surface area contributed by atoms with Gasteiger partial charge in [-0.15, -0.1) is 0 Å². The summed E-state index contributed by atoms with van der Waals surface area (Å²) in [5.41, 5.74) is 0. The first-order chi connectivity index (χ1) is 20.8. The van der Waals surface area contributed by atoms with Crippen LogP contribution >= 0.6 is 11.8 Å². The molecule has 0 unspecified atom stereocenters. The fraction of sp³-hybridized carbons (Fsp3) is 0.559. The maximum absolute atomic E-state index is 7.25. The molecule has 0 saturated carbocycles. The summed E-state index contributed by atoms with van der Waals surface area (Å²) in [6.45, 7) is 16.2. The van der Waals surface area contributed by atoms with Crippen LogP contribution < -0.4 is 21.0 Å². The van der Waals surface area contributed by atoms with Crippen molar-refractivity contribution in [1.82, 2.24) is 20.4 Å². The summed E-state index contributed by atoms with van der Waals surface area (Å²) >= 11 is 2.03. The van der Waals surface area contributed by atoms with Crippen LogP contribution in [-0.2, 0) is 4.43 Å². The van der Waals surface area contributed by atoms with Gasteiger partial charge < -0.3 is 24.9 Å². The van der Waals surface area contributed by atoms with Crippen molar-refractivity contribution < 1.29 is 4.43 Å². The van der Waals surface area contributed by atoms with E-state index < -0.39 is 8.32 Å². The van der Waals surface area contributed by atoms with Gasteiger partial charge in [-0.3, -0.25) is 0 Å². The van der Waals surface area contributed by atoms with Crippen LogP contribution in [0.25, 0.3) is 0 Å². The van der Waals surface area contributed by atoms with Crippen LogP contribution in [0.15, 0.2) is 70.6 Å². The Balaban J connectivity index is 1.09. The number of benzene rings is 2. The molecule has 4 aliphatic heterocycles. The van der Waals surface area contributed by atoms with Gasteiger partial charge in [-0.2, -0.15) is 11.8 Å². The smallest absolute Gasteiger partial charge is 0.261 e. The number of fused-ring (bicyclic) bond motifs is 2. The predicted octanol–water partition coefficient (Wildman–Crippen LogP) is 3.71. The maximum atomic E-state index is 7.25. The second-order valence-electron chi connectivity index (χ2n) is 13.5. The van der Waals surface area contributed by atoms with Gasteiger partial charge in [0, 0.05) is 49.8 Å². The molecule has 0 spiro atoms. The number of guanidine groups is 2. The van der Waals surface area contributed by atoms with Crippen molar-refractivity contribution in [2.45, 2.75) is 75.7 Å². The molecule has 0 bridgehead atoms. The van der Waals surface area contributed by atoms with Crippen molar-refractivity contribution in [2.24, 2.45) is 9.98 Å². The Morgan fingerprint density at radius 3 is 2.00 bits per heavy atom. The van der Waals surface area contributed by atoms with Crippen LogP contribution in [-0.4, -0.2) is 98.5 Å². The highest BCUT2D eigenvalue weighted by Crippen LogP contribution is 2.37. The number of nitrogens with one attached hydrogen (secondary N) is 2. The highest BCUT2D eigenvalue weighted by Gasteiger charge is 2.50. The molecule has 0 aromatic heterocycles. The van der Waals surface area contributed by atoms with Gasteiger partial charge in [-0.1, -0.05) is 81.4 Å². The molecule has 2 N–H and O–H groups in total. The molecular formula is C34H49N6OSSi. The quantitative estimate of drug-likeness (QED) is 0.419. The summed E-state index contributed by atoms with van der Waals surface area (Å²) < 4.78 is 7.25. The monoisotopic (exact) mass is 617 g/mol. The third-order valence-corrected chi connectivity index (χ3v) is 15.6. The molecule has 2 aromatic carbocycles. The highest BCUT2D eigenvalue weighted by molar-refractivity contribution is 7.99. The Labute approximate surface area is 264 Å². The first-order valence-corrected chi connectivity index (χ1v) is 19.2. The topological polar surface area (TPSA) is 64.5 Å². The molecule has 0 aliphatic carbocycles. The van der Waals surface area contributed by atoms with E-state index in [9.17, 15) is 0 Å². The van der Waals surface area contributed by atoms with Gasteiger partial charge >= 0.3 is 0 Å². The van der Waals surface area contributed by atoms with Crippen LogP contribution in [0.2, 0.25) is 5.04 Å². The minimum atomic E-state index is -2.57. The minimum Gasteiger partial charge on any atom is -0.405 e. The molecule has 6 rings (SSSR count). The summed E-state index contributed by atoms with van der Waals surface area (Å²) in [5, 5.41) is 9.92. The van der Waals surface area contributed by atoms with Crippen molar-refractivity contribution in [1.29, 1.82) is 0 Å². The Bertz CT molecular complexity index is 1230. The largest absolute Gasteiger partial charge is 0.405 e. The Kier molecular flexibility index (Phi) is 9.40. The summed E-state index contributed by atoms with van der Waals surface area (Å²) in [7, 11) is -2.57. The van der Waals surface area contributed by atoms with Gasteiger partial charge in [-0.25, -0.2) is 9.98 Å². The van der Waals surface area contributed by atoms with E-state index in [0.717, 1.165) is 75.3 Å².